The van der Waals surface area contributed by atoms with Crippen molar-refractivity contribution in [2.45, 2.75) is 18.7 Å². The summed E-state index contributed by atoms with van der Waals surface area (Å²) in [7, 11) is -3.63. The van der Waals surface area contributed by atoms with E-state index in [-0.39, 0.29) is 34.3 Å². The Morgan fingerprint density at radius 3 is 1.47 bits per heavy atom. The molecular formula is C52H56F4N12O4S. The predicted octanol–water partition coefficient (Wildman–Crippen LogP) is 7.51. The molecule has 73 heavy (non-hydrogen) atoms. The van der Waals surface area contributed by atoms with E-state index in [9.17, 15) is 21.6 Å². The Kier molecular flexibility index (Phi) is 14.7. The number of fused-ring (bicyclic) bond motifs is 2. The van der Waals surface area contributed by atoms with Crippen molar-refractivity contribution in [1.82, 2.24) is 29.6 Å². The van der Waals surface area contributed by atoms with Gasteiger partial charge in [0.05, 0.1) is 112 Å². The number of hydrogen-bond donors (Lipinski definition) is 3. The average Bonchev–Trinajstić information content (AvgIpc) is 3.41. The van der Waals surface area contributed by atoms with Crippen molar-refractivity contribution in [2.24, 2.45) is 0 Å². The number of nitrogens with one attached hydrogen (secondary N) is 3. The zero-order chi connectivity index (χ0) is 50.6. The van der Waals surface area contributed by atoms with Crippen molar-refractivity contribution >= 4 is 77.6 Å². The Labute approximate surface area is 421 Å². The fourth-order valence-corrected chi connectivity index (χ4v) is 11.2. The zero-order valence-corrected chi connectivity index (χ0v) is 41.4. The van der Waals surface area contributed by atoms with Crippen LogP contribution in [0.25, 0.3) is 21.8 Å². The molecule has 0 amide bonds. The van der Waals surface area contributed by atoms with E-state index in [1.165, 1.54) is 16.4 Å². The van der Waals surface area contributed by atoms with Crippen molar-refractivity contribution < 1.29 is 35.5 Å². The van der Waals surface area contributed by atoms with Crippen LogP contribution in [0.3, 0.4) is 0 Å². The van der Waals surface area contributed by atoms with E-state index in [0.29, 0.717) is 73.5 Å². The third-order valence-electron chi connectivity index (χ3n) is 13.5. The van der Waals surface area contributed by atoms with Gasteiger partial charge in [0, 0.05) is 114 Å². The average molecular weight is 1020 g/mol. The summed E-state index contributed by atoms with van der Waals surface area (Å²) in [5.74, 6) is -1.44. The summed E-state index contributed by atoms with van der Waals surface area (Å²) in [5, 5.41) is 10.5. The largest absolute Gasteiger partial charge is 0.378 e. The van der Waals surface area contributed by atoms with Crippen molar-refractivity contribution in [3.63, 3.8) is 0 Å². The Bertz CT molecular complexity index is 3230. The summed E-state index contributed by atoms with van der Waals surface area (Å²) in [5.41, 5.74) is 6.27. The maximum atomic E-state index is 15.2. The number of halogens is 4. The molecule has 4 aliphatic rings. The van der Waals surface area contributed by atoms with E-state index in [1.54, 1.807) is 48.9 Å². The molecule has 0 bridgehead atoms. The smallest absolute Gasteiger partial charge is 0.243 e. The van der Waals surface area contributed by atoms with Crippen LogP contribution in [-0.2, 0) is 19.5 Å². The lowest BCUT2D eigenvalue weighted by atomic mass is 10.1. The number of hydrogen-bond acceptors (Lipinski definition) is 15. The molecule has 4 aromatic heterocycles. The minimum atomic E-state index is -3.63. The van der Waals surface area contributed by atoms with Gasteiger partial charge in [0.1, 0.15) is 34.9 Å². The summed E-state index contributed by atoms with van der Waals surface area (Å²) in [6.07, 6.45) is 6.96. The first kappa shape index (κ1) is 49.7. The highest BCUT2D eigenvalue weighted by Crippen LogP contribution is 2.39. The highest BCUT2D eigenvalue weighted by Gasteiger charge is 2.31. The molecule has 3 N–H and O–H groups in total. The molecule has 4 saturated heterocycles. The summed E-state index contributed by atoms with van der Waals surface area (Å²) < 4.78 is 97.2. The third kappa shape index (κ3) is 10.8. The van der Waals surface area contributed by atoms with Crippen LogP contribution in [0, 0.1) is 37.1 Å². The molecule has 0 unspecified atom stereocenters. The van der Waals surface area contributed by atoms with E-state index in [0.717, 1.165) is 92.9 Å². The summed E-state index contributed by atoms with van der Waals surface area (Å²) in [4.78, 5) is 26.8. The van der Waals surface area contributed by atoms with Gasteiger partial charge in [-0.05, 0) is 38.1 Å². The number of pyridine rings is 4. The van der Waals surface area contributed by atoms with Crippen molar-refractivity contribution in [3.05, 3.63) is 126 Å². The van der Waals surface area contributed by atoms with Gasteiger partial charge in [-0.25, -0.2) is 35.9 Å². The Morgan fingerprint density at radius 2 is 1.00 bits per heavy atom. The van der Waals surface area contributed by atoms with Gasteiger partial charge in [0.15, 0.2) is 0 Å². The second kappa shape index (κ2) is 21.7. The standard InChI is InChI=1S/C29H30F2N6O3S.C23H26F2N6O/c1-20-28(33-22-17-23(19-32-18-22)35-11-13-40-14-12-35)27-25(31)15-21(30)16-26(27)34-29(20)36-7-9-37(10-8-36)41(38,39)24-5-3-2-4-6-24;1-15-22(28-17-12-18(14-27-13-17)30-6-8-32-9-7-30)21-19(25)10-16(24)11-20(21)29-23(15)31-4-2-26-3-5-31/h2-6,15-19H,7-14H2,1H3,(H,33,34);10-14,26H,2-9H2,1H3,(H,28,29). The summed E-state index contributed by atoms with van der Waals surface area (Å²) in [6, 6.07) is 16.5. The second-order valence-corrected chi connectivity index (χ2v) is 20.1. The quantitative estimate of drug-likeness (QED) is 0.116. The number of morpholine rings is 2. The van der Waals surface area contributed by atoms with E-state index >= 15 is 4.39 Å². The molecule has 8 heterocycles. The molecule has 3 aromatic carbocycles. The first-order valence-corrected chi connectivity index (χ1v) is 25.8. The first-order chi connectivity index (χ1) is 35.4. The van der Waals surface area contributed by atoms with Gasteiger partial charge >= 0.3 is 0 Å². The van der Waals surface area contributed by atoms with Crippen LogP contribution in [0.5, 0.6) is 0 Å². The van der Waals surface area contributed by atoms with Crippen LogP contribution in [0.15, 0.2) is 96.4 Å². The molecule has 4 fully saturated rings. The van der Waals surface area contributed by atoms with Gasteiger partial charge in [-0.2, -0.15) is 4.31 Å². The molecule has 21 heteroatoms. The van der Waals surface area contributed by atoms with Crippen LogP contribution in [0.2, 0.25) is 0 Å². The highest BCUT2D eigenvalue weighted by atomic mass is 32.2. The first-order valence-electron chi connectivity index (χ1n) is 24.4. The van der Waals surface area contributed by atoms with Crippen LogP contribution in [0.4, 0.5) is 63.3 Å². The van der Waals surface area contributed by atoms with E-state index < -0.39 is 33.3 Å². The summed E-state index contributed by atoms with van der Waals surface area (Å²) in [6.45, 7) is 13.9. The number of ether oxygens (including phenoxy) is 2. The highest BCUT2D eigenvalue weighted by molar-refractivity contribution is 7.89. The lowest BCUT2D eigenvalue weighted by Crippen LogP contribution is -2.49. The maximum Gasteiger partial charge on any atom is 0.243 e. The topological polar surface area (TPSA) is 156 Å². The van der Waals surface area contributed by atoms with Gasteiger partial charge in [0.2, 0.25) is 10.0 Å². The fourth-order valence-electron chi connectivity index (χ4n) is 9.74. The molecule has 0 aliphatic carbocycles. The molecule has 0 atom stereocenters. The lowest BCUT2D eigenvalue weighted by molar-refractivity contribution is 0.122. The van der Waals surface area contributed by atoms with Crippen molar-refractivity contribution in [2.75, 3.05) is 135 Å². The lowest BCUT2D eigenvalue weighted by Gasteiger charge is -2.36. The molecule has 0 radical (unpaired) electrons. The second-order valence-electron chi connectivity index (χ2n) is 18.2. The van der Waals surface area contributed by atoms with Gasteiger partial charge in [-0.3, -0.25) is 9.97 Å². The van der Waals surface area contributed by atoms with Crippen LogP contribution in [-0.4, -0.2) is 138 Å². The van der Waals surface area contributed by atoms with Gasteiger partial charge in [-0.1, -0.05) is 18.2 Å². The number of piperazine rings is 2. The molecular weight excluding hydrogens is 965 g/mol. The molecule has 11 rings (SSSR count). The zero-order valence-electron chi connectivity index (χ0n) is 40.6. The Hall–Kier alpha value is -6.91. The van der Waals surface area contributed by atoms with Crippen molar-refractivity contribution in [3.8, 4) is 0 Å². The number of sulfonamides is 1. The van der Waals surface area contributed by atoms with Gasteiger partial charge < -0.3 is 45.0 Å². The monoisotopic (exact) mass is 1020 g/mol. The van der Waals surface area contributed by atoms with Gasteiger partial charge in [-0.15, -0.1) is 0 Å². The molecule has 382 valence electrons. The fraction of sp³-hybridized carbons (Fsp3) is 0.346. The number of aromatic nitrogens is 4. The minimum absolute atomic E-state index is 0.169. The number of benzene rings is 3. The van der Waals surface area contributed by atoms with E-state index in [2.05, 4.69) is 50.6 Å². The van der Waals surface area contributed by atoms with Crippen molar-refractivity contribution in [1.29, 1.82) is 0 Å². The van der Waals surface area contributed by atoms with E-state index in [1.807, 2.05) is 37.1 Å². The van der Waals surface area contributed by atoms with Crippen LogP contribution < -0.4 is 35.6 Å². The number of anilines is 8. The number of rotatable bonds is 10. The normalized spacial score (nSPS) is 16.9. The SMILES string of the molecule is Cc1c(N2CCN(S(=O)(=O)c3ccccc3)CC2)nc2cc(F)cc(F)c2c1Nc1cncc(N2CCOCC2)c1.Cc1c(N2CCNCC2)nc2cc(F)cc(F)c2c1Nc1cncc(N2CCOCC2)c1. The molecule has 7 aromatic rings. The van der Waals surface area contributed by atoms with Crippen LogP contribution in [0.1, 0.15) is 11.1 Å². The maximum absolute atomic E-state index is 15.2. The van der Waals surface area contributed by atoms with E-state index in [4.69, 9.17) is 9.47 Å². The van der Waals surface area contributed by atoms with Gasteiger partial charge in [0.25, 0.3) is 0 Å². The van der Waals surface area contributed by atoms with Crippen LogP contribution >= 0.6 is 0 Å². The number of nitrogens with zero attached hydrogens (tertiary/aromatic N) is 9. The Morgan fingerprint density at radius 1 is 0.548 bits per heavy atom. The molecule has 0 spiro atoms. The predicted molar refractivity (Wildman–Crippen MR) is 276 cm³/mol. The Balaban J connectivity index is 0.000000173. The third-order valence-corrected chi connectivity index (χ3v) is 15.4. The molecule has 16 nitrogen and oxygen atoms in total. The summed E-state index contributed by atoms with van der Waals surface area (Å²) >= 11 is 0. The molecule has 4 aliphatic heterocycles. The minimum Gasteiger partial charge on any atom is -0.378 e. The molecule has 0 saturated carbocycles.